The van der Waals surface area contributed by atoms with Gasteiger partial charge in [-0.3, -0.25) is 9.69 Å². The Bertz CT molecular complexity index is 468. The van der Waals surface area contributed by atoms with Crippen molar-refractivity contribution in [1.82, 2.24) is 14.7 Å². The third kappa shape index (κ3) is 2.92. The molecule has 1 aliphatic heterocycles. The molecule has 1 N–H and O–H groups in total. The highest BCUT2D eigenvalue weighted by Crippen LogP contribution is 2.17. The summed E-state index contributed by atoms with van der Waals surface area (Å²) in [6.45, 7) is 5.39. The Morgan fingerprint density at radius 3 is 2.83 bits per heavy atom. The number of anilines is 1. The summed E-state index contributed by atoms with van der Waals surface area (Å²) in [5.74, 6) is 0. The average Bonchev–Trinajstić information content (AvgIpc) is 2.89. The zero-order chi connectivity index (χ0) is 13.1. The minimum absolute atomic E-state index is 0.117. The molecule has 1 atom stereocenters. The molecule has 0 bridgehead atoms. The van der Waals surface area contributed by atoms with E-state index in [2.05, 4.69) is 38.2 Å². The first kappa shape index (κ1) is 13.5. The molecule has 1 aromatic rings. The van der Waals surface area contributed by atoms with E-state index in [1.54, 1.807) is 13.2 Å². The fourth-order valence-corrected chi connectivity index (χ4v) is 2.70. The first-order valence-corrected chi connectivity index (χ1v) is 7.08. The molecule has 0 amide bonds. The summed E-state index contributed by atoms with van der Waals surface area (Å²) in [5.41, 5.74) is 0.651. The summed E-state index contributed by atoms with van der Waals surface area (Å²) < 4.78 is 1.87. The number of hydrogen-bond donors (Lipinski definition) is 1. The minimum Gasteiger partial charge on any atom is -0.381 e. The second kappa shape index (κ2) is 5.84. The summed E-state index contributed by atoms with van der Waals surface area (Å²) in [6, 6.07) is 0.475. The van der Waals surface area contributed by atoms with Crippen molar-refractivity contribution < 1.29 is 0 Å². The van der Waals surface area contributed by atoms with Gasteiger partial charge in [0, 0.05) is 19.6 Å². The van der Waals surface area contributed by atoms with Crippen molar-refractivity contribution in [3.63, 3.8) is 0 Å². The summed E-state index contributed by atoms with van der Waals surface area (Å²) in [6.07, 6.45) is 4.27. The number of nitrogens with zero attached hydrogens (tertiary/aromatic N) is 3. The summed E-state index contributed by atoms with van der Waals surface area (Å²) >= 11 is 3.32. The molecular formula is C12H19BrN4O. The van der Waals surface area contributed by atoms with Gasteiger partial charge in [0.2, 0.25) is 0 Å². The maximum Gasteiger partial charge on any atom is 0.282 e. The molecule has 2 heterocycles. The van der Waals surface area contributed by atoms with E-state index in [0.717, 1.165) is 12.2 Å². The molecule has 1 fully saturated rings. The maximum atomic E-state index is 11.7. The lowest BCUT2D eigenvalue weighted by Gasteiger charge is -2.24. The van der Waals surface area contributed by atoms with Crippen LogP contribution in [-0.2, 0) is 7.05 Å². The van der Waals surface area contributed by atoms with E-state index in [4.69, 9.17) is 0 Å². The van der Waals surface area contributed by atoms with Crippen LogP contribution >= 0.6 is 15.9 Å². The molecule has 5 nitrogen and oxygen atoms in total. The second-order valence-electron chi connectivity index (χ2n) is 4.77. The van der Waals surface area contributed by atoms with Gasteiger partial charge in [-0.15, -0.1) is 0 Å². The first-order chi connectivity index (χ1) is 8.59. The van der Waals surface area contributed by atoms with Crippen LogP contribution in [-0.4, -0.2) is 40.4 Å². The molecule has 100 valence electrons. The van der Waals surface area contributed by atoms with Gasteiger partial charge in [0.05, 0.1) is 11.9 Å². The molecule has 0 aromatic carbocycles. The zero-order valence-corrected chi connectivity index (χ0v) is 12.4. The summed E-state index contributed by atoms with van der Waals surface area (Å²) in [7, 11) is 1.64. The van der Waals surface area contributed by atoms with Gasteiger partial charge in [-0.2, -0.15) is 5.10 Å². The number of aryl methyl sites for hydroxylation is 1. The molecule has 2 rings (SSSR count). The first-order valence-electron chi connectivity index (χ1n) is 6.29. The lowest BCUT2D eigenvalue weighted by atomic mass is 10.3. The van der Waals surface area contributed by atoms with E-state index in [1.165, 1.54) is 30.6 Å². The van der Waals surface area contributed by atoms with Gasteiger partial charge < -0.3 is 5.32 Å². The van der Waals surface area contributed by atoms with Crippen molar-refractivity contribution in [2.75, 3.05) is 25.0 Å². The lowest BCUT2D eigenvalue weighted by Crippen LogP contribution is -2.36. The molecule has 0 radical (unpaired) electrons. The van der Waals surface area contributed by atoms with Gasteiger partial charge >= 0.3 is 0 Å². The Morgan fingerprint density at radius 1 is 1.50 bits per heavy atom. The highest BCUT2D eigenvalue weighted by molar-refractivity contribution is 9.10. The normalized spacial score (nSPS) is 17.9. The maximum absolute atomic E-state index is 11.7. The van der Waals surface area contributed by atoms with E-state index < -0.39 is 0 Å². The molecule has 1 unspecified atom stereocenters. The Labute approximate surface area is 115 Å². The van der Waals surface area contributed by atoms with E-state index in [1.807, 2.05) is 0 Å². The number of hydrogen-bond acceptors (Lipinski definition) is 4. The monoisotopic (exact) mass is 314 g/mol. The second-order valence-corrected chi connectivity index (χ2v) is 5.57. The molecule has 6 heteroatoms. The molecule has 0 aliphatic carbocycles. The van der Waals surface area contributed by atoms with E-state index >= 15 is 0 Å². The Balaban J connectivity index is 1.97. The van der Waals surface area contributed by atoms with Crippen molar-refractivity contribution in [3.8, 4) is 0 Å². The van der Waals surface area contributed by atoms with Gasteiger partial charge in [0.25, 0.3) is 5.56 Å². The Morgan fingerprint density at radius 2 is 2.17 bits per heavy atom. The van der Waals surface area contributed by atoms with Crippen molar-refractivity contribution in [3.05, 3.63) is 21.0 Å². The van der Waals surface area contributed by atoms with Gasteiger partial charge in [0.1, 0.15) is 4.47 Å². The minimum atomic E-state index is -0.117. The van der Waals surface area contributed by atoms with Gasteiger partial charge in [-0.05, 0) is 48.8 Å². The molecule has 1 saturated heterocycles. The van der Waals surface area contributed by atoms with Crippen LogP contribution < -0.4 is 10.9 Å². The largest absolute Gasteiger partial charge is 0.381 e. The number of rotatable bonds is 4. The number of aromatic nitrogens is 2. The predicted octanol–water partition coefficient (Wildman–Crippen LogP) is 1.44. The number of halogens is 1. The van der Waals surface area contributed by atoms with Crippen molar-refractivity contribution >= 4 is 21.6 Å². The highest BCUT2D eigenvalue weighted by atomic mass is 79.9. The van der Waals surface area contributed by atoms with Crippen LogP contribution in [0.3, 0.4) is 0 Å². The van der Waals surface area contributed by atoms with Gasteiger partial charge in [-0.25, -0.2) is 4.68 Å². The van der Waals surface area contributed by atoms with Crippen LogP contribution in [0.2, 0.25) is 0 Å². The standard InChI is InChI=1S/C12H19BrN4O/c1-9(17-5-3-4-6-17)7-14-10-8-15-16(2)12(18)11(10)13/h8-9,14H,3-7H2,1-2H3. The smallest absolute Gasteiger partial charge is 0.282 e. The average molecular weight is 315 g/mol. The molecule has 0 spiro atoms. The van der Waals surface area contributed by atoms with E-state index in [9.17, 15) is 4.79 Å². The Hall–Kier alpha value is -0.880. The third-order valence-electron chi connectivity index (χ3n) is 3.43. The van der Waals surface area contributed by atoms with Crippen LogP contribution in [0.5, 0.6) is 0 Å². The van der Waals surface area contributed by atoms with E-state index in [0.29, 0.717) is 10.5 Å². The van der Waals surface area contributed by atoms with Crippen molar-refractivity contribution in [2.24, 2.45) is 7.05 Å². The van der Waals surface area contributed by atoms with Gasteiger partial charge in [0.15, 0.2) is 0 Å². The molecule has 18 heavy (non-hydrogen) atoms. The van der Waals surface area contributed by atoms with E-state index in [-0.39, 0.29) is 5.56 Å². The molecule has 1 aromatic heterocycles. The molecule has 1 aliphatic rings. The van der Waals surface area contributed by atoms with Crippen molar-refractivity contribution in [1.29, 1.82) is 0 Å². The third-order valence-corrected chi connectivity index (χ3v) is 4.20. The molecular weight excluding hydrogens is 296 g/mol. The number of likely N-dealkylation sites (tertiary alicyclic amines) is 1. The summed E-state index contributed by atoms with van der Waals surface area (Å²) in [5, 5.41) is 7.31. The highest BCUT2D eigenvalue weighted by Gasteiger charge is 2.18. The SMILES string of the molecule is CC(CNc1cnn(C)c(=O)c1Br)N1CCCC1. The quantitative estimate of drug-likeness (QED) is 0.913. The predicted molar refractivity (Wildman–Crippen MR) is 75.9 cm³/mol. The van der Waals surface area contributed by atoms with Gasteiger partial charge in [-0.1, -0.05) is 0 Å². The Kier molecular flexibility index (Phi) is 4.40. The van der Waals surface area contributed by atoms with Crippen molar-refractivity contribution in [2.45, 2.75) is 25.8 Å². The van der Waals surface area contributed by atoms with Crippen LogP contribution in [0.4, 0.5) is 5.69 Å². The topological polar surface area (TPSA) is 50.2 Å². The fraction of sp³-hybridized carbons (Fsp3) is 0.667. The summed E-state index contributed by atoms with van der Waals surface area (Å²) in [4.78, 5) is 14.2. The van der Waals surface area contributed by atoms with Crippen LogP contribution in [0.25, 0.3) is 0 Å². The van der Waals surface area contributed by atoms with Crippen LogP contribution in [0, 0.1) is 0 Å². The van der Waals surface area contributed by atoms with Crippen LogP contribution in [0.15, 0.2) is 15.5 Å². The lowest BCUT2D eigenvalue weighted by molar-refractivity contribution is 0.269. The zero-order valence-electron chi connectivity index (χ0n) is 10.8. The van der Waals surface area contributed by atoms with Crippen LogP contribution in [0.1, 0.15) is 19.8 Å². The fourth-order valence-electron chi connectivity index (χ4n) is 2.20. The molecule has 0 saturated carbocycles. The number of nitrogens with one attached hydrogen (secondary N) is 1.